The minimum atomic E-state index is -0.251. The molecule has 0 saturated carbocycles. The topological polar surface area (TPSA) is 83.0 Å². The molecule has 4 N–H and O–H groups in total. The lowest BCUT2D eigenvalue weighted by Gasteiger charge is -2.08. The van der Waals surface area contributed by atoms with Gasteiger partial charge in [0, 0.05) is 19.0 Å². The predicted octanol–water partition coefficient (Wildman–Crippen LogP) is 1.44. The SMILES string of the molecule is N=CC(C=N)COc1ccc(CN)cc1. The van der Waals surface area contributed by atoms with Crippen molar-refractivity contribution in [2.75, 3.05) is 6.61 Å². The van der Waals surface area contributed by atoms with Crippen molar-refractivity contribution in [3.63, 3.8) is 0 Å². The number of hydrogen-bond donors (Lipinski definition) is 3. The van der Waals surface area contributed by atoms with Crippen LogP contribution in [0.3, 0.4) is 0 Å². The van der Waals surface area contributed by atoms with Gasteiger partial charge in [-0.2, -0.15) is 0 Å². The molecule has 0 fully saturated rings. The molecule has 0 spiro atoms. The molecule has 15 heavy (non-hydrogen) atoms. The highest BCUT2D eigenvalue weighted by atomic mass is 16.5. The number of nitrogens with one attached hydrogen (secondary N) is 2. The molecule has 0 aliphatic carbocycles. The Morgan fingerprint density at radius 1 is 1.20 bits per heavy atom. The number of rotatable bonds is 6. The van der Waals surface area contributed by atoms with E-state index in [0.29, 0.717) is 13.2 Å². The fraction of sp³-hybridized carbons (Fsp3) is 0.273. The molecular weight excluding hydrogens is 190 g/mol. The Balaban J connectivity index is 2.50. The summed E-state index contributed by atoms with van der Waals surface area (Å²) in [5.74, 6) is 0.486. The summed E-state index contributed by atoms with van der Waals surface area (Å²) in [5, 5.41) is 14.0. The van der Waals surface area contributed by atoms with Gasteiger partial charge in [-0.25, -0.2) is 0 Å². The maximum absolute atomic E-state index is 7.02. The lowest BCUT2D eigenvalue weighted by atomic mass is 10.2. The highest BCUT2D eigenvalue weighted by molar-refractivity contribution is 5.80. The molecule has 80 valence electrons. The Bertz CT molecular complexity index is 313. The Kier molecular flexibility index (Phi) is 4.50. The van der Waals surface area contributed by atoms with Crippen molar-refractivity contribution < 1.29 is 4.74 Å². The van der Waals surface area contributed by atoms with Crippen molar-refractivity contribution in [3.8, 4) is 5.75 Å². The zero-order chi connectivity index (χ0) is 11.1. The Morgan fingerprint density at radius 3 is 2.27 bits per heavy atom. The molecule has 0 saturated heterocycles. The maximum Gasteiger partial charge on any atom is 0.119 e. The normalized spacial score (nSPS) is 11.8. The third kappa shape index (κ3) is 3.52. The van der Waals surface area contributed by atoms with Crippen LogP contribution >= 0.6 is 0 Å². The van der Waals surface area contributed by atoms with Crippen molar-refractivity contribution in [2.24, 2.45) is 11.7 Å². The first-order valence-corrected chi connectivity index (χ1v) is 4.73. The molecule has 0 radical (unpaired) electrons. The summed E-state index contributed by atoms with van der Waals surface area (Å²) in [6.45, 7) is 0.846. The number of nitrogens with two attached hydrogens (primary N) is 1. The standard InChI is InChI=1S/C11H15N3O/c12-5-9-1-3-11(4-2-9)15-8-10(6-13)7-14/h1-4,6-7,10,13-14H,5,8,12H2. The van der Waals surface area contributed by atoms with Crippen LogP contribution in [0.2, 0.25) is 0 Å². The van der Waals surface area contributed by atoms with E-state index in [1.165, 1.54) is 12.4 Å². The highest BCUT2D eigenvalue weighted by Gasteiger charge is 2.01. The average molecular weight is 205 g/mol. The summed E-state index contributed by atoms with van der Waals surface area (Å²) in [6, 6.07) is 7.48. The van der Waals surface area contributed by atoms with E-state index in [9.17, 15) is 0 Å². The fourth-order valence-corrected chi connectivity index (χ4v) is 1.06. The molecular formula is C11H15N3O. The molecule has 1 aromatic carbocycles. The highest BCUT2D eigenvalue weighted by Crippen LogP contribution is 2.12. The summed E-state index contributed by atoms with van der Waals surface area (Å²) in [5.41, 5.74) is 6.52. The minimum Gasteiger partial charge on any atom is -0.493 e. The van der Waals surface area contributed by atoms with Crippen LogP contribution in [-0.2, 0) is 6.54 Å². The Hall–Kier alpha value is -1.68. The van der Waals surface area contributed by atoms with Gasteiger partial charge in [-0.05, 0) is 17.7 Å². The van der Waals surface area contributed by atoms with Crippen molar-refractivity contribution in [3.05, 3.63) is 29.8 Å². The second kappa shape index (κ2) is 5.93. The summed E-state index contributed by atoms with van der Waals surface area (Å²) in [4.78, 5) is 0. The van der Waals surface area contributed by atoms with Crippen LogP contribution in [0.4, 0.5) is 0 Å². The molecule has 0 aromatic heterocycles. The Labute approximate surface area is 89.1 Å². The second-order valence-electron chi connectivity index (χ2n) is 3.16. The van der Waals surface area contributed by atoms with E-state index < -0.39 is 0 Å². The maximum atomic E-state index is 7.02. The molecule has 0 heterocycles. The van der Waals surface area contributed by atoms with Crippen LogP contribution in [0, 0.1) is 16.7 Å². The number of ether oxygens (including phenoxy) is 1. The van der Waals surface area contributed by atoms with Crippen LogP contribution in [-0.4, -0.2) is 19.0 Å². The van der Waals surface area contributed by atoms with Gasteiger partial charge in [-0.3, -0.25) is 0 Å². The first kappa shape index (κ1) is 11.4. The monoisotopic (exact) mass is 205 g/mol. The zero-order valence-electron chi connectivity index (χ0n) is 8.44. The smallest absolute Gasteiger partial charge is 0.119 e. The quantitative estimate of drug-likeness (QED) is 0.614. The summed E-state index contributed by atoms with van der Waals surface area (Å²) in [6.07, 6.45) is 2.39. The molecule has 1 aromatic rings. The van der Waals surface area contributed by atoms with E-state index in [2.05, 4.69) is 0 Å². The van der Waals surface area contributed by atoms with Crippen LogP contribution in [0.15, 0.2) is 24.3 Å². The van der Waals surface area contributed by atoms with Gasteiger partial charge in [0.05, 0.1) is 5.92 Å². The van der Waals surface area contributed by atoms with Crippen LogP contribution in [0.25, 0.3) is 0 Å². The van der Waals surface area contributed by atoms with Crippen LogP contribution in [0.5, 0.6) is 5.75 Å². The van der Waals surface area contributed by atoms with Crippen LogP contribution in [0.1, 0.15) is 5.56 Å². The number of benzene rings is 1. The van der Waals surface area contributed by atoms with E-state index in [-0.39, 0.29) is 5.92 Å². The first-order valence-electron chi connectivity index (χ1n) is 4.73. The molecule has 0 aliphatic rings. The summed E-state index contributed by atoms with van der Waals surface area (Å²) in [7, 11) is 0. The van der Waals surface area contributed by atoms with Crippen molar-refractivity contribution in [2.45, 2.75) is 6.54 Å². The van der Waals surface area contributed by atoms with E-state index in [4.69, 9.17) is 21.3 Å². The second-order valence-corrected chi connectivity index (χ2v) is 3.16. The third-order valence-electron chi connectivity index (χ3n) is 2.03. The molecule has 0 bridgehead atoms. The lowest BCUT2D eigenvalue weighted by Crippen LogP contribution is -2.13. The molecule has 4 nitrogen and oxygen atoms in total. The lowest BCUT2D eigenvalue weighted by molar-refractivity contribution is 0.312. The Morgan fingerprint density at radius 2 is 1.80 bits per heavy atom. The molecule has 4 heteroatoms. The minimum absolute atomic E-state index is 0.251. The average Bonchev–Trinajstić information content (AvgIpc) is 2.31. The van der Waals surface area contributed by atoms with Gasteiger partial charge in [0.15, 0.2) is 0 Å². The van der Waals surface area contributed by atoms with E-state index >= 15 is 0 Å². The molecule has 0 amide bonds. The van der Waals surface area contributed by atoms with Gasteiger partial charge >= 0.3 is 0 Å². The first-order chi connectivity index (χ1) is 7.30. The number of hydrogen-bond acceptors (Lipinski definition) is 4. The van der Waals surface area contributed by atoms with Crippen LogP contribution < -0.4 is 10.5 Å². The van der Waals surface area contributed by atoms with Gasteiger partial charge in [0.25, 0.3) is 0 Å². The summed E-state index contributed by atoms with van der Waals surface area (Å²) < 4.78 is 5.41. The van der Waals surface area contributed by atoms with E-state index in [1.54, 1.807) is 0 Å². The third-order valence-corrected chi connectivity index (χ3v) is 2.03. The zero-order valence-corrected chi connectivity index (χ0v) is 8.44. The largest absolute Gasteiger partial charge is 0.493 e. The van der Waals surface area contributed by atoms with Crippen molar-refractivity contribution in [1.29, 1.82) is 10.8 Å². The fourth-order valence-electron chi connectivity index (χ4n) is 1.06. The predicted molar refractivity (Wildman–Crippen MR) is 60.9 cm³/mol. The summed E-state index contributed by atoms with van der Waals surface area (Å²) >= 11 is 0. The van der Waals surface area contributed by atoms with Crippen molar-refractivity contribution >= 4 is 12.4 Å². The molecule has 0 aliphatic heterocycles. The van der Waals surface area contributed by atoms with E-state index in [0.717, 1.165) is 11.3 Å². The van der Waals surface area contributed by atoms with Gasteiger partial charge in [-0.15, -0.1) is 0 Å². The molecule has 0 unspecified atom stereocenters. The molecule has 1 rings (SSSR count). The van der Waals surface area contributed by atoms with Gasteiger partial charge in [0.2, 0.25) is 0 Å². The van der Waals surface area contributed by atoms with E-state index in [1.807, 2.05) is 24.3 Å². The van der Waals surface area contributed by atoms with Gasteiger partial charge in [0.1, 0.15) is 12.4 Å². The van der Waals surface area contributed by atoms with Gasteiger partial charge in [-0.1, -0.05) is 12.1 Å². The molecule has 0 atom stereocenters. The van der Waals surface area contributed by atoms with Gasteiger partial charge < -0.3 is 21.3 Å². The van der Waals surface area contributed by atoms with Crippen molar-refractivity contribution in [1.82, 2.24) is 0 Å².